The fourth-order valence-corrected chi connectivity index (χ4v) is 5.29. The molecule has 0 bridgehead atoms. The molecule has 2 heteroatoms. The van der Waals surface area contributed by atoms with Crippen LogP contribution in [0.3, 0.4) is 0 Å². The van der Waals surface area contributed by atoms with Gasteiger partial charge >= 0.3 is 0 Å². The molecular formula is C20H32O2. The third-order valence-electron chi connectivity index (χ3n) is 6.67. The maximum atomic E-state index is 6.70. The maximum absolute atomic E-state index is 6.70. The summed E-state index contributed by atoms with van der Waals surface area (Å²) in [6, 6.07) is 0. The molecule has 0 aromatic carbocycles. The van der Waals surface area contributed by atoms with Crippen LogP contribution in [-0.2, 0) is 9.47 Å². The number of allylic oxidation sites excluding steroid dienone is 1. The van der Waals surface area contributed by atoms with Crippen LogP contribution in [0.5, 0.6) is 0 Å². The molecule has 1 aliphatic carbocycles. The summed E-state index contributed by atoms with van der Waals surface area (Å²) in [4.78, 5) is 0. The monoisotopic (exact) mass is 304 g/mol. The van der Waals surface area contributed by atoms with Gasteiger partial charge in [-0.15, -0.1) is 6.58 Å². The highest BCUT2D eigenvalue weighted by molar-refractivity contribution is 5.18. The van der Waals surface area contributed by atoms with E-state index in [1.54, 1.807) is 0 Å². The van der Waals surface area contributed by atoms with Gasteiger partial charge in [-0.3, -0.25) is 0 Å². The van der Waals surface area contributed by atoms with Gasteiger partial charge in [0.2, 0.25) is 0 Å². The van der Waals surface area contributed by atoms with Crippen molar-refractivity contribution in [1.82, 2.24) is 0 Å². The number of hydrogen-bond donors (Lipinski definition) is 0. The minimum absolute atomic E-state index is 0.0672. The van der Waals surface area contributed by atoms with Gasteiger partial charge < -0.3 is 9.47 Å². The molecule has 3 fully saturated rings. The van der Waals surface area contributed by atoms with E-state index in [2.05, 4.69) is 53.9 Å². The van der Waals surface area contributed by atoms with Crippen molar-refractivity contribution in [2.45, 2.75) is 77.8 Å². The average Bonchev–Trinajstić information content (AvgIpc) is 2.87. The summed E-state index contributed by atoms with van der Waals surface area (Å²) in [6.07, 6.45) is 6.81. The zero-order chi connectivity index (χ0) is 16.3. The van der Waals surface area contributed by atoms with Crippen molar-refractivity contribution in [2.24, 2.45) is 23.2 Å². The predicted octanol–water partition coefficient (Wildman–Crippen LogP) is 5.10. The molecule has 2 saturated heterocycles. The lowest BCUT2D eigenvalue weighted by Gasteiger charge is -2.46. The van der Waals surface area contributed by atoms with Gasteiger partial charge in [-0.1, -0.05) is 32.1 Å². The molecule has 3 aliphatic rings. The van der Waals surface area contributed by atoms with Crippen LogP contribution in [0.2, 0.25) is 0 Å². The van der Waals surface area contributed by atoms with E-state index < -0.39 is 0 Å². The van der Waals surface area contributed by atoms with E-state index >= 15 is 0 Å². The Morgan fingerprint density at radius 1 is 1.18 bits per heavy atom. The van der Waals surface area contributed by atoms with Gasteiger partial charge in [0.1, 0.15) is 0 Å². The van der Waals surface area contributed by atoms with Crippen LogP contribution < -0.4 is 0 Å². The molecular weight excluding hydrogens is 272 g/mol. The molecule has 0 aromatic heterocycles. The van der Waals surface area contributed by atoms with Gasteiger partial charge in [-0.05, 0) is 51.4 Å². The van der Waals surface area contributed by atoms with Gasteiger partial charge in [0.25, 0.3) is 0 Å². The molecule has 3 rings (SSSR count). The summed E-state index contributed by atoms with van der Waals surface area (Å²) in [7, 11) is 0. The van der Waals surface area contributed by atoms with Crippen LogP contribution in [0.4, 0.5) is 0 Å². The van der Waals surface area contributed by atoms with E-state index in [9.17, 15) is 0 Å². The minimum atomic E-state index is -0.376. The molecule has 0 N–H and O–H groups in total. The second-order valence-corrected chi connectivity index (χ2v) is 8.78. The fourth-order valence-electron chi connectivity index (χ4n) is 5.29. The van der Waals surface area contributed by atoms with E-state index in [0.717, 1.165) is 12.8 Å². The molecule has 0 unspecified atom stereocenters. The molecule has 0 radical (unpaired) electrons. The summed E-state index contributed by atoms with van der Waals surface area (Å²) < 4.78 is 13.2. The van der Waals surface area contributed by atoms with Crippen molar-refractivity contribution in [2.75, 3.05) is 0 Å². The molecule has 2 aliphatic heterocycles. The lowest BCUT2D eigenvalue weighted by Crippen LogP contribution is -2.44. The second-order valence-electron chi connectivity index (χ2n) is 8.78. The van der Waals surface area contributed by atoms with Crippen LogP contribution in [0.1, 0.15) is 60.3 Å². The quantitative estimate of drug-likeness (QED) is 0.661. The number of rotatable bonds is 2. The molecule has 6 atom stereocenters. The number of ether oxygens (including phenoxy) is 2. The van der Waals surface area contributed by atoms with E-state index in [0.29, 0.717) is 17.8 Å². The van der Waals surface area contributed by atoms with Gasteiger partial charge in [-0.25, -0.2) is 0 Å². The zero-order valence-electron chi connectivity index (χ0n) is 14.9. The maximum Gasteiger partial charge on any atom is 0.172 e. The van der Waals surface area contributed by atoms with Crippen molar-refractivity contribution >= 4 is 0 Å². The summed E-state index contributed by atoms with van der Waals surface area (Å²) in [5.41, 5.74) is 1.24. The van der Waals surface area contributed by atoms with Gasteiger partial charge in [-0.2, -0.15) is 0 Å². The van der Waals surface area contributed by atoms with E-state index in [-0.39, 0.29) is 22.9 Å². The standard InChI is InChI=1S/C20H32O2/c1-8-19(7)10-9-15-14(4)20(12-11-18(5,6)22-20)21-17(15)16(19)13(2)3/h8,14-17H,1-2,9-12H2,3-7H3/t14-,15-,16-,17+,19-,20-/m1/s1. The Kier molecular flexibility index (Phi) is 3.66. The van der Waals surface area contributed by atoms with Crippen molar-refractivity contribution in [3.8, 4) is 0 Å². The third kappa shape index (κ3) is 2.22. The van der Waals surface area contributed by atoms with Crippen molar-refractivity contribution < 1.29 is 9.47 Å². The Morgan fingerprint density at radius 3 is 2.36 bits per heavy atom. The molecule has 124 valence electrons. The molecule has 22 heavy (non-hydrogen) atoms. The molecule has 2 nitrogen and oxygen atoms in total. The van der Waals surface area contributed by atoms with E-state index in [1.165, 1.54) is 18.4 Å². The molecule has 1 saturated carbocycles. The molecule has 0 aromatic rings. The summed E-state index contributed by atoms with van der Waals surface area (Å²) >= 11 is 0. The first-order chi connectivity index (χ1) is 10.1. The fraction of sp³-hybridized carbons (Fsp3) is 0.800. The number of hydrogen-bond acceptors (Lipinski definition) is 2. The Bertz CT molecular complexity index is 494. The van der Waals surface area contributed by atoms with Crippen molar-refractivity contribution in [1.29, 1.82) is 0 Å². The van der Waals surface area contributed by atoms with Crippen LogP contribution >= 0.6 is 0 Å². The second kappa shape index (κ2) is 4.95. The predicted molar refractivity (Wildman–Crippen MR) is 90.5 cm³/mol. The van der Waals surface area contributed by atoms with Crippen molar-refractivity contribution in [3.05, 3.63) is 24.8 Å². The number of fused-ring (bicyclic) bond motifs is 1. The zero-order valence-corrected chi connectivity index (χ0v) is 14.9. The summed E-state index contributed by atoms with van der Waals surface area (Å²) in [6.45, 7) is 19.5. The summed E-state index contributed by atoms with van der Waals surface area (Å²) in [5, 5.41) is 0. The lowest BCUT2D eigenvalue weighted by molar-refractivity contribution is -0.256. The first-order valence-corrected chi connectivity index (χ1v) is 8.81. The summed E-state index contributed by atoms with van der Waals surface area (Å²) in [5.74, 6) is 0.996. The minimum Gasteiger partial charge on any atom is -0.345 e. The van der Waals surface area contributed by atoms with Crippen molar-refractivity contribution in [3.63, 3.8) is 0 Å². The van der Waals surface area contributed by atoms with E-state index in [1.807, 2.05) is 0 Å². The smallest absolute Gasteiger partial charge is 0.172 e. The van der Waals surface area contributed by atoms with Crippen LogP contribution in [0.25, 0.3) is 0 Å². The SMILES string of the molecule is C=C[C@]1(C)CC[C@H]2[C@H](O[C@@]3(CCC(C)(C)O3)[C@@H]2C)[C@H]1C(=C)C. The van der Waals surface area contributed by atoms with Crippen LogP contribution in [-0.4, -0.2) is 17.5 Å². The Labute approximate surface area is 136 Å². The average molecular weight is 304 g/mol. The molecule has 2 heterocycles. The Hall–Kier alpha value is -0.600. The highest BCUT2D eigenvalue weighted by atomic mass is 16.7. The highest BCUT2D eigenvalue weighted by Crippen LogP contribution is 2.60. The van der Waals surface area contributed by atoms with Gasteiger partial charge in [0, 0.05) is 18.3 Å². The normalized spacial score (nSPS) is 50.0. The molecule has 0 amide bonds. The third-order valence-corrected chi connectivity index (χ3v) is 6.67. The Morgan fingerprint density at radius 2 is 1.86 bits per heavy atom. The highest BCUT2D eigenvalue weighted by Gasteiger charge is 2.62. The largest absolute Gasteiger partial charge is 0.345 e. The lowest BCUT2D eigenvalue weighted by atomic mass is 9.59. The van der Waals surface area contributed by atoms with Crippen LogP contribution in [0, 0.1) is 23.2 Å². The van der Waals surface area contributed by atoms with E-state index in [4.69, 9.17) is 9.47 Å². The van der Waals surface area contributed by atoms with Gasteiger partial charge in [0.15, 0.2) is 5.79 Å². The first-order valence-electron chi connectivity index (χ1n) is 8.81. The topological polar surface area (TPSA) is 18.5 Å². The van der Waals surface area contributed by atoms with Crippen LogP contribution in [0.15, 0.2) is 24.8 Å². The first kappa shape index (κ1) is 16.3. The molecule has 1 spiro atoms. The van der Waals surface area contributed by atoms with Gasteiger partial charge in [0.05, 0.1) is 11.7 Å². The Balaban J connectivity index is 1.94.